The molecule has 0 aromatic carbocycles. The number of carboxylic acids is 1. The molecule has 0 unspecified atom stereocenters. The zero-order valence-electron chi connectivity index (χ0n) is 13.0. The number of hydrogen-bond donors (Lipinski definition) is 2. The normalized spacial score (nSPS) is 17.7. The molecule has 1 aliphatic heterocycles. The van der Waals surface area contributed by atoms with Gasteiger partial charge in [-0.2, -0.15) is 0 Å². The molecule has 1 aliphatic rings. The molecule has 0 radical (unpaired) electrons. The molecule has 0 saturated carbocycles. The quantitative estimate of drug-likeness (QED) is 0.818. The van der Waals surface area contributed by atoms with Crippen LogP contribution in [0.2, 0.25) is 0 Å². The van der Waals surface area contributed by atoms with Crippen LogP contribution in [-0.2, 0) is 11.3 Å². The van der Waals surface area contributed by atoms with Crippen molar-refractivity contribution in [1.82, 2.24) is 4.90 Å². The van der Waals surface area contributed by atoms with Gasteiger partial charge in [0.25, 0.3) is 0 Å². The summed E-state index contributed by atoms with van der Waals surface area (Å²) >= 11 is 1.67. The second-order valence-electron chi connectivity index (χ2n) is 5.87. The van der Waals surface area contributed by atoms with Crippen molar-refractivity contribution in [1.29, 1.82) is 0 Å². The lowest BCUT2D eigenvalue weighted by Crippen LogP contribution is -2.43. The van der Waals surface area contributed by atoms with Crippen LogP contribution in [0.25, 0.3) is 0 Å². The van der Waals surface area contributed by atoms with Crippen molar-refractivity contribution < 1.29 is 15.0 Å². The van der Waals surface area contributed by atoms with E-state index in [1.165, 1.54) is 4.88 Å². The van der Waals surface area contributed by atoms with E-state index < -0.39 is 11.4 Å². The number of carbonyl (C=O) groups is 1. The topological polar surface area (TPSA) is 60.8 Å². The van der Waals surface area contributed by atoms with Gasteiger partial charge in [0.1, 0.15) is 6.61 Å². The fourth-order valence-corrected chi connectivity index (χ4v) is 3.94. The fraction of sp³-hybridized carbons (Fsp3) is 0.588. The maximum atomic E-state index is 11.6. The minimum atomic E-state index is -0.633. The molecule has 22 heavy (non-hydrogen) atoms. The molecule has 1 aromatic heterocycles. The van der Waals surface area contributed by atoms with Crippen LogP contribution >= 0.6 is 11.3 Å². The summed E-state index contributed by atoms with van der Waals surface area (Å²) in [5.41, 5.74) is 0.426. The van der Waals surface area contributed by atoms with E-state index in [1.807, 2.05) is 5.38 Å². The summed E-state index contributed by atoms with van der Waals surface area (Å²) in [5, 5.41) is 20.2. The summed E-state index contributed by atoms with van der Waals surface area (Å²) in [4.78, 5) is 15.1. The number of carboxylic acid groups (broad SMARTS) is 1. The van der Waals surface area contributed by atoms with Crippen LogP contribution in [0.3, 0.4) is 0 Å². The van der Waals surface area contributed by atoms with Gasteiger partial charge in [0, 0.05) is 22.4 Å². The molecule has 0 atom stereocenters. The van der Waals surface area contributed by atoms with Gasteiger partial charge >= 0.3 is 5.97 Å². The Balaban J connectivity index is 1.92. The van der Waals surface area contributed by atoms with Crippen LogP contribution in [0.15, 0.2) is 11.4 Å². The summed E-state index contributed by atoms with van der Waals surface area (Å²) in [6.45, 7) is 4.46. The SMILES string of the molecule is CCCC1(C(=O)O)CCN(Cc2cc(C#CCO)cs2)CC1. The first-order valence-corrected chi connectivity index (χ1v) is 8.60. The number of nitrogens with zero attached hydrogens (tertiary/aromatic N) is 1. The average molecular weight is 321 g/mol. The molecule has 1 saturated heterocycles. The predicted octanol–water partition coefficient (Wildman–Crippen LogP) is 2.56. The summed E-state index contributed by atoms with van der Waals surface area (Å²) in [7, 11) is 0. The highest BCUT2D eigenvalue weighted by molar-refractivity contribution is 7.10. The summed E-state index contributed by atoms with van der Waals surface area (Å²) in [6.07, 6.45) is 3.16. The molecular formula is C17H23NO3S. The van der Waals surface area contributed by atoms with Crippen LogP contribution in [0.4, 0.5) is 0 Å². The number of aliphatic hydroxyl groups is 1. The van der Waals surface area contributed by atoms with Gasteiger partial charge in [0.15, 0.2) is 0 Å². The Kier molecular flexibility index (Phi) is 6.01. The van der Waals surface area contributed by atoms with E-state index in [0.29, 0.717) is 0 Å². The van der Waals surface area contributed by atoms with Gasteiger partial charge in [0.05, 0.1) is 5.41 Å². The van der Waals surface area contributed by atoms with Crippen molar-refractivity contribution >= 4 is 17.3 Å². The molecule has 0 bridgehead atoms. The molecule has 1 fully saturated rings. The summed E-state index contributed by atoms with van der Waals surface area (Å²) < 4.78 is 0. The zero-order valence-corrected chi connectivity index (χ0v) is 13.8. The third-order valence-electron chi connectivity index (χ3n) is 4.34. The molecule has 2 rings (SSSR count). The molecule has 0 aliphatic carbocycles. The molecule has 5 heteroatoms. The highest BCUT2D eigenvalue weighted by atomic mass is 32.1. The maximum Gasteiger partial charge on any atom is 0.309 e. The molecule has 2 heterocycles. The Morgan fingerprint density at radius 2 is 2.18 bits per heavy atom. The second kappa shape index (κ2) is 7.77. The summed E-state index contributed by atoms with van der Waals surface area (Å²) in [6, 6.07) is 2.05. The highest BCUT2D eigenvalue weighted by Gasteiger charge is 2.40. The van der Waals surface area contributed by atoms with Crippen molar-refractivity contribution in [3.8, 4) is 11.8 Å². The van der Waals surface area contributed by atoms with Gasteiger partial charge in [-0.3, -0.25) is 9.69 Å². The van der Waals surface area contributed by atoms with E-state index in [1.54, 1.807) is 11.3 Å². The average Bonchev–Trinajstić information content (AvgIpc) is 2.95. The number of aliphatic carboxylic acids is 1. The standard InChI is InChI=1S/C17H23NO3S/c1-2-5-17(16(20)21)6-8-18(9-7-17)12-15-11-14(13-22-15)4-3-10-19/h11,13,19H,2,5-10,12H2,1H3,(H,20,21). The monoisotopic (exact) mass is 321 g/mol. The van der Waals surface area contributed by atoms with Gasteiger partial charge in [-0.15, -0.1) is 11.3 Å². The fourth-order valence-electron chi connectivity index (χ4n) is 3.08. The van der Waals surface area contributed by atoms with Crippen molar-refractivity contribution in [2.75, 3.05) is 19.7 Å². The largest absolute Gasteiger partial charge is 0.481 e. The van der Waals surface area contributed by atoms with Gasteiger partial charge in [-0.25, -0.2) is 0 Å². The van der Waals surface area contributed by atoms with Crippen LogP contribution in [0, 0.1) is 17.3 Å². The van der Waals surface area contributed by atoms with Gasteiger partial charge < -0.3 is 10.2 Å². The number of thiophene rings is 1. The van der Waals surface area contributed by atoms with E-state index in [4.69, 9.17) is 5.11 Å². The van der Waals surface area contributed by atoms with Crippen molar-refractivity contribution in [2.24, 2.45) is 5.41 Å². The Morgan fingerprint density at radius 1 is 1.45 bits per heavy atom. The van der Waals surface area contributed by atoms with E-state index in [0.717, 1.165) is 50.9 Å². The Morgan fingerprint density at radius 3 is 2.77 bits per heavy atom. The van der Waals surface area contributed by atoms with Crippen LogP contribution in [0.1, 0.15) is 43.0 Å². The first-order chi connectivity index (χ1) is 10.6. The lowest BCUT2D eigenvalue weighted by molar-refractivity contribution is -0.152. The van der Waals surface area contributed by atoms with Crippen LogP contribution in [0.5, 0.6) is 0 Å². The third kappa shape index (κ3) is 4.10. The molecule has 1 aromatic rings. The smallest absolute Gasteiger partial charge is 0.309 e. The van der Waals surface area contributed by atoms with Gasteiger partial charge in [0.2, 0.25) is 0 Å². The lowest BCUT2D eigenvalue weighted by Gasteiger charge is -2.38. The van der Waals surface area contributed by atoms with E-state index in [9.17, 15) is 9.90 Å². The Labute approximate surface area is 135 Å². The van der Waals surface area contributed by atoms with E-state index >= 15 is 0 Å². The molecular weight excluding hydrogens is 298 g/mol. The second-order valence-corrected chi connectivity index (χ2v) is 6.87. The number of rotatable bonds is 5. The number of likely N-dealkylation sites (tertiary alicyclic amines) is 1. The van der Waals surface area contributed by atoms with Gasteiger partial charge in [-0.05, 0) is 38.4 Å². The lowest BCUT2D eigenvalue weighted by atomic mass is 9.75. The van der Waals surface area contributed by atoms with E-state index in [2.05, 4.69) is 29.7 Å². The first-order valence-electron chi connectivity index (χ1n) is 7.72. The van der Waals surface area contributed by atoms with Gasteiger partial charge in [-0.1, -0.05) is 25.2 Å². The van der Waals surface area contributed by atoms with E-state index in [-0.39, 0.29) is 6.61 Å². The van der Waals surface area contributed by atoms with Crippen LogP contribution < -0.4 is 0 Å². The van der Waals surface area contributed by atoms with Crippen molar-refractivity contribution in [3.05, 3.63) is 21.9 Å². The number of piperidine rings is 1. The molecule has 0 amide bonds. The molecule has 4 nitrogen and oxygen atoms in total. The minimum absolute atomic E-state index is 0.119. The molecule has 120 valence electrons. The van der Waals surface area contributed by atoms with Crippen molar-refractivity contribution in [3.63, 3.8) is 0 Å². The molecule has 0 spiro atoms. The van der Waals surface area contributed by atoms with Crippen molar-refractivity contribution in [2.45, 2.75) is 39.2 Å². The third-order valence-corrected chi connectivity index (χ3v) is 5.26. The Hall–Kier alpha value is -1.35. The highest BCUT2D eigenvalue weighted by Crippen LogP contribution is 2.37. The molecule has 2 N–H and O–H groups in total. The Bertz CT molecular complexity index is 562. The van der Waals surface area contributed by atoms with Crippen LogP contribution in [-0.4, -0.2) is 40.8 Å². The number of hydrogen-bond acceptors (Lipinski definition) is 4. The first kappa shape index (κ1) is 17.0. The maximum absolute atomic E-state index is 11.6. The number of aliphatic hydroxyl groups excluding tert-OH is 1. The predicted molar refractivity (Wildman–Crippen MR) is 87.8 cm³/mol. The summed E-state index contributed by atoms with van der Waals surface area (Å²) in [5.74, 6) is 4.93. The zero-order chi connectivity index (χ0) is 16.0. The minimum Gasteiger partial charge on any atom is -0.481 e.